The largest absolute Gasteiger partial charge is 0.497 e. The van der Waals surface area contributed by atoms with E-state index in [9.17, 15) is 0 Å². The van der Waals surface area contributed by atoms with Crippen LogP contribution in [0.5, 0.6) is 11.5 Å². The molecule has 4 rings (SSSR count). The maximum atomic E-state index is 6.04. The number of rotatable bonds is 16. The van der Waals surface area contributed by atoms with Gasteiger partial charge in [0, 0.05) is 11.4 Å². The lowest BCUT2D eigenvalue weighted by atomic mass is 9.87. The number of methoxy groups -OCH3 is 2. The molecule has 0 saturated heterocycles. The Bertz CT molecular complexity index is 1240. The van der Waals surface area contributed by atoms with Gasteiger partial charge in [-0.2, -0.15) is 0 Å². The average molecular weight is 552 g/mol. The molecular formula is C32H38B2N2O5. The summed E-state index contributed by atoms with van der Waals surface area (Å²) in [6, 6.07) is 32.2. The molecule has 4 aromatic carbocycles. The van der Waals surface area contributed by atoms with Crippen molar-refractivity contribution in [3.63, 3.8) is 0 Å². The Balaban J connectivity index is 1.18. The van der Waals surface area contributed by atoms with E-state index in [0.717, 1.165) is 44.9 Å². The summed E-state index contributed by atoms with van der Waals surface area (Å²) in [6.45, 7) is 5.04. The van der Waals surface area contributed by atoms with Crippen molar-refractivity contribution in [3.05, 3.63) is 108 Å². The molecule has 0 spiro atoms. The Kier molecular flexibility index (Phi) is 11.6. The van der Waals surface area contributed by atoms with Gasteiger partial charge >= 0.3 is 15.0 Å². The van der Waals surface area contributed by atoms with Crippen molar-refractivity contribution in [2.75, 3.05) is 24.9 Å². The third-order valence-electron chi connectivity index (χ3n) is 6.44. The van der Waals surface area contributed by atoms with Crippen molar-refractivity contribution in [2.45, 2.75) is 39.5 Å². The topological polar surface area (TPSA) is 70.2 Å². The highest BCUT2D eigenvalue weighted by atomic mass is 16.5. The fourth-order valence-electron chi connectivity index (χ4n) is 4.27. The van der Waals surface area contributed by atoms with Crippen LogP contribution in [-0.2, 0) is 27.3 Å². The van der Waals surface area contributed by atoms with Crippen molar-refractivity contribution in [2.24, 2.45) is 0 Å². The van der Waals surface area contributed by atoms with Gasteiger partial charge in [-0.3, -0.25) is 0 Å². The minimum atomic E-state index is -0.138. The maximum Gasteiger partial charge on any atom is 0.311 e. The van der Waals surface area contributed by atoms with Crippen LogP contribution >= 0.6 is 0 Å². The molecule has 0 radical (unpaired) electrons. The Labute approximate surface area is 244 Å². The summed E-state index contributed by atoms with van der Waals surface area (Å²) in [4.78, 5) is 0. The van der Waals surface area contributed by atoms with Crippen LogP contribution in [0.1, 0.15) is 25.0 Å². The van der Waals surface area contributed by atoms with E-state index in [-0.39, 0.29) is 12.5 Å². The van der Waals surface area contributed by atoms with Crippen molar-refractivity contribution >= 4 is 37.3 Å². The van der Waals surface area contributed by atoms with Gasteiger partial charge in [-0.15, -0.1) is 0 Å². The van der Waals surface area contributed by atoms with Crippen LogP contribution in [0.4, 0.5) is 11.4 Å². The fraction of sp³-hybridized carbons (Fsp3) is 0.250. The average Bonchev–Trinajstić information content (AvgIpc) is 3.00. The first kappa shape index (κ1) is 30.1. The van der Waals surface area contributed by atoms with E-state index >= 15 is 0 Å². The summed E-state index contributed by atoms with van der Waals surface area (Å²) in [5.41, 5.74) is 6.39. The summed E-state index contributed by atoms with van der Waals surface area (Å²) >= 11 is 0. The minimum Gasteiger partial charge on any atom is -0.497 e. The lowest BCUT2D eigenvalue weighted by Crippen LogP contribution is -2.27. The normalized spacial score (nSPS) is 12.2. The van der Waals surface area contributed by atoms with Gasteiger partial charge in [0.2, 0.25) is 0 Å². The van der Waals surface area contributed by atoms with E-state index in [1.807, 2.05) is 74.5 Å². The maximum absolute atomic E-state index is 6.04. The highest BCUT2D eigenvalue weighted by Gasteiger charge is 2.08. The van der Waals surface area contributed by atoms with Gasteiger partial charge in [0.05, 0.1) is 27.4 Å². The quantitative estimate of drug-likeness (QED) is 0.159. The van der Waals surface area contributed by atoms with Gasteiger partial charge < -0.3 is 34.2 Å². The van der Waals surface area contributed by atoms with Gasteiger partial charge in [-0.25, -0.2) is 0 Å². The first-order chi connectivity index (χ1) is 20.0. The standard InChI is InChI=1S/C32H38B2N2O5/c1-23(35-29-11-15-31(37-3)16-12-29)40-33-27-9-5-7-25(19-27)21-39-22-26-8-6-10-28(20-26)34-41-24(2)36-30-13-17-32(38-4)18-14-30/h5-20,23-24,33-36H,21-22H2,1-4H3. The molecule has 0 bridgehead atoms. The Morgan fingerprint density at radius 1 is 0.585 bits per heavy atom. The first-order valence-electron chi connectivity index (χ1n) is 13.8. The predicted molar refractivity (Wildman–Crippen MR) is 169 cm³/mol. The third-order valence-corrected chi connectivity index (χ3v) is 6.44. The van der Waals surface area contributed by atoms with Crippen LogP contribution in [-0.4, -0.2) is 41.6 Å². The number of hydrogen-bond acceptors (Lipinski definition) is 7. The van der Waals surface area contributed by atoms with Crippen LogP contribution < -0.4 is 31.0 Å². The molecule has 2 N–H and O–H groups in total. The second kappa shape index (κ2) is 15.8. The molecule has 0 aromatic heterocycles. The first-order valence-corrected chi connectivity index (χ1v) is 13.8. The smallest absolute Gasteiger partial charge is 0.311 e. The predicted octanol–water partition coefficient (Wildman–Crippen LogP) is 4.32. The van der Waals surface area contributed by atoms with Crippen LogP contribution in [0, 0.1) is 0 Å². The monoisotopic (exact) mass is 552 g/mol. The fourth-order valence-corrected chi connectivity index (χ4v) is 4.27. The summed E-state index contributed by atoms with van der Waals surface area (Å²) in [7, 11) is 4.33. The molecular weight excluding hydrogens is 514 g/mol. The van der Waals surface area contributed by atoms with Crippen molar-refractivity contribution in [1.29, 1.82) is 0 Å². The molecule has 212 valence electrons. The zero-order chi connectivity index (χ0) is 28.9. The molecule has 0 aliphatic carbocycles. The number of nitrogens with one attached hydrogen (secondary N) is 2. The van der Waals surface area contributed by atoms with Gasteiger partial charge in [0.25, 0.3) is 0 Å². The molecule has 0 aliphatic rings. The zero-order valence-corrected chi connectivity index (χ0v) is 24.3. The molecule has 41 heavy (non-hydrogen) atoms. The van der Waals surface area contributed by atoms with E-state index in [4.69, 9.17) is 23.5 Å². The summed E-state index contributed by atoms with van der Waals surface area (Å²) in [6.07, 6.45) is -0.276. The van der Waals surface area contributed by atoms with Crippen LogP contribution in [0.15, 0.2) is 97.1 Å². The lowest BCUT2D eigenvalue weighted by Gasteiger charge is -2.17. The third kappa shape index (κ3) is 10.2. The van der Waals surface area contributed by atoms with Gasteiger partial charge in [-0.05, 0) is 73.5 Å². The van der Waals surface area contributed by atoms with E-state index < -0.39 is 0 Å². The molecule has 0 fully saturated rings. The minimum absolute atomic E-state index is 0.138. The number of benzene rings is 4. The van der Waals surface area contributed by atoms with E-state index in [0.29, 0.717) is 28.2 Å². The Hall–Kier alpha value is -3.91. The summed E-state index contributed by atoms with van der Waals surface area (Å²) < 4.78 is 28.5. The number of hydrogen-bond donors (Lipinski definition) is 2. The molecule has 2 atom stereocenters. The van der Waals surface area contributed by atoms with Gasteiger partial charge in [0.1, 0.15) is 24.0 Å². The molecule has 9 heteroatoms. The van der Waals surface area contributed by atoms with Crippen LogP contribution in [0.2, 0.25) is 0 Å². The van der Waals surface area contributed by atoms with Gasteiger partial charge in [-0.1, -0.05) is 59.5 Å². The summed E-state index contributed by atoms with van der Waals surface area (Å²) in [5.74, 6) is 1.66. The lowest BCUT2D eigenvalue weighted by molar-refractivity contribution is 0.107. The SMILES string of the molecule is COc1ccc(NC(C)OBc2cccc(COCc3cccc(BOC(C)Nc4ccc(OC)cc4)c3)c2)cc1. The van der Waals surface area contributed by atoms with Crippen molar-refractivity contribution in [3.8, 4) is 11.5 Å². The zero-order valence-electron chi connectivity index (χ0n) is 24.3. The van der Waals surface area contributed by atoms with E-state index in [1.165, 1.54) is 0 Å². The molecule has 4 aromatic rings. The van der Waals surface area contributed by atoms with E-state index in [2.05, 4.69) is 47.0 Å². The van der Waals surface area contributed by atoms with Crippen molar-refractivity contribution in [1.82, 2.24) is 0 Å². The Morgan fingerprint density at radius 2 is 1.00 bits per heavy atom. The molecule has 0 saturated carbocycles. The van der Waals surface area contributed by atoms with Crippen molar-refractivity contribution < 1.29 is 23.5 Å². The molecule has 0 heterocycles. The molecule has 0 amide bonds. The second-order valence-corrected chi connectivity index (χ2v) is 9.78. The molecule has 0 aliphatic heterocycles. The van der Waals surface area contributed by atoms with Crippen LogP contribution in [0.3, 0.4) is 0 Å². The number of anilines is 2. The highest BCUT2D eigenvalue weighted by molar-refractivity contribution is 6.47. The number of ether oxygens (including phenoxy) is 3. The van der Waals surface area contributed by atoms with E-state index in [1.54, 1.807) is 14.2 Å². The van der Waals surface area contributed by atoms with Gasteiger partial charge in [0.15, 0.2) is 0 Å². The molecule has 2 unspecified atom stereocenters. The van der Waals surface area contributed by atoms with Crippen LogP contribution in [0.25, 0.3) is 0 Å². The summed E-state index contributed by atoms with van der Waals surface area (Å²) in [5, 5.41) is 6.69. The highest BCUT2D eigenvalue weighted by Crippen LogP contribution is 2.17. The second-order valence-electron chi connectivity index (χ2n) is 9.78. The molecule has 7 nitrogen and oxygen atoms in total. The Morgan fingerprint density at radius 3 is 1.39 bits per heavy atom.